The lowest BCUT2D eigenvalue weighted by Crippen LogP contribution is -2.29. The van der Waals surface area contributed by atoms with E-state index in [0.717, 1.165) is 5.69 Å². The first kappa shape index (κ1) is 15.6. The van der Waals surface area contributed by atoms with Gasteiger partial charge in [0.2, 0.25) is 0 Å². The molecular weight excluding hydrogens is 307 g/mol. The van der Waals surface area contributed by atoms with Crippen LogP contribution in [0, 0.1) is 5.82 Å². The molecule has 3 aromatic rings. The maximum atomic E-state index is 12.9. The number of carbonyl (C=O) groups is 1. The highest BCUT2D eigenvalue weighted by Crippen LogP contribution is 2.21. The molecule has 0 bridgehead atoms. The predicted octanol–water partition coefficient (Wildman–Crippen LogP) is 4.37. The van der Waals surface area contributed by atoms with E-state index in [-0.39, 0.29) is 11.7 Å². The summed E-state index contributed by atoms with van der Waals surface area (Å²) in [6, 6.07) is 21.7. The quantitative estimate of drug-likeness (QED) is 0.686. The lowest BCUT2D eigenvalue weighted by molar-refractivity contribution is 0.0962. The number of rotatable bonds is 5. The Labute approximate surface area is 138 Å². The summed E-state index contributed by atoms with van der Waals surface area (Å²) in [5, 5.41) is 0. The number of carbonyl (C=O) groups excluding carboxylic acids is 1. The third-order valence-electron chi connectivity index (χ3n) is 3.26. The van der Waals surface area contributed by atoms with E-state index in [0.29, 0.717) is 17.1 Å². The standard InChI is InChI=1S/C19H15FN2O2/c20-15-8-12-18(13-9-15)24-17-10-6-14(7-11-17)19(23)22-21-16-4-2-1-3-5-16/h1-13,21H,(H,22,23). The number of hydrazine groups is 1. The predicted molar refractivity (Wildman–Crippen MR) is 90.4 cm³/mol. The van der Waals surface area contributed by atoms with E-state index in [1.54, 1.807) is 36.4 Å². The SMILES string of the molecule is O=C(NNc1ccccc1)c1ccc(Oc2ccc(F)cc2)cc1. The molecule has 2 N–H and O–H groups in total. The zero-order chi connectivity index (χ0) is 16.8. The first-order valence-electron chi connectivity index (χ1n) is 7.35. The Hall–Kier alpha value is -3.34. The zero-order valence-corrected chi connectivity index (χ0v) is 12.7. The van der Waals surface area contributed by atoms with Gasteiger partial charge in [0, 0.05) is 5.56 Å². The van der Waals surface area contributed by atoms with Gasteiger partial charge in [-0.05, 0) is 60.7 Å². The highest BCUT2D eigenvalue weighted by molar-refractivity contribution is 5.94. The van der Waals surface area contributed by atoms with Gasteiger partial charge in [-0.3, -0.25) is 15.6 Å². The number of benzene rings is 3. The Morgan fingerprint density at radius 1 is 0.792 bits per heavy atom. The summed E-state index contributed by atoms with van der Waals surface area (Å²) in [4.78, 5) is 12.1. The molecule has 1 amide bonds. The van der Waals surface area contributed by atoms with Crippen molar-refractivity contribution < 1.29 is 13.9 Å². The summed E-state index contributed by atoms with van der Waals surface area (Å²) in [5.74, 6) is 0.515. The second-order valence-corrected chi connectivity index (χ2v) is 5.03. The number of para-hydroxylation sites is 1. The van der Waals surface area contributed by atoms with Crippen molar-refractivity contribution in [2.75, 3.05) is 5.43 Å². The van der Waals surface area contributed by atoms with Gasteiger partial charge in [0.25, 0.3) is 5.91 Å². The van der Waals surface area contributed by atoms with Gasteiger partial charge in [0.15, 0.2) is 0 Å². The molecule has 5 heteroatoms. The maximum absolute atomic E-state index is 12.9. The molecule has 0 saturated heterocycles. The molecule has 24 heavy (non-hydrogen) atoms. The van der Waals surface area contributed by atoms with Crippen LogP contribution in [0.2, 0.25) is 0 Å². The lowest BCUT2D eigenvalue weighted by Gasteiger charge is -2.09. The van der Waals surface area contributed by atoms with Crippen LogP contribution >= 0.6 is 0 Å². The molecule has 0 aliphatic heterocycles. The van der Waals surface area contributed by atoms with Crippen LogP contribution in [0.15, 0.2) is 78.9 Å². The topological polar surface area (TPSA) is 50.4 Å². The Morgan fingerprint density at radius 2 is 1.38 bits per heavy atom. The van der Waals surface area contributed by atoms with E-state index >= 15 is 0 Å². The van der Waals surface area contributed by atoms with Crippen molar-refractivity contribution in [1.29, 1.82) is 0 Å². The molecule has 0 saturated carbocycles. The van der Waals surface area contributed by atoms with Crippen LogP contribution in [0.5, 0.6) is 11.5 Å². The number of nitrogens with one attached hydrogen (secondary N) is 2. The number of anilines is 1. The molecule has 0 heterocycles. The van der Waals surface area contributed by atoms with Gasteiger partial charge in [0.1, 0.15) is 17.3 Å². The molecule has 0 aromatic heterocycles. The molecule has 4 nitrogen and oxygen atoms in total. The molecule has 3 aromatic carbocycles. The third kappa shape index (κ3) is 4.10. The number of halogens is 1. The zero-order valence-electron chi connectivity index (χ0n) is 12.7. The monoisotopic (exact) mass is 322 g/mol. The minimum absolute atomic E-state index is 0.257. The van der Waals surface area contributed by atoms with Crippen LogP contribution in [-0.2, 0) is 0 Å². The number of hydrogen-bond acceptors (Lipinski definition) is 3. The van der Waals surface area contributed by atoms with Crippen molar-refractivity contribution in [3.8, 4) is 11.5 Å². The molecule has 0 unspecified atom stereocenters. The van der Waals surface area contributed by atoms with Crippen molar-refractivity contribution in [2.45, 2.75) is 0 Å². The smallest absolute Gasteiger partial charge is 0.269 e. The Bertz CT molecular complexity index is 803. The van der Waals surface area contributed by atoms with Gasteiger partial charge in [-0.15, -0.1) is 0 Å². The Kier molecular flexibility index (Phi) is 4.72. The Morgan fingerprint density at radius 3 is 2.00 bits per heavy atom. The largest absolute Gasteiger partial charge is 0.457 e. The molecule has 3 rings (SSSR count). The average Bonchev–Trinajstić information content (AvgIpc) is 2.63. The first-order chi connectivity index (χ1) is 11.7. The van der Waals surface area contributed by atoms with Gasteiger partial charge in [-0.1, -0.05) is 18.2 Å². The van der Waals surface area contributed by atoms with Gasteiger partial charge in [0.05, 0.1) is 5.69 Å². The third-order valence-corrected chi connectivity index (χ3v) is 3.26. The second kappa shape index (κ2) is 7.28. The minimum atomic E-state index is -0.319. The molecule has 0 radical (unpaired) electrons. The molecule has 0 spiro atoms. The van der Waals surface area contributed by atoms with Crippen molar-refractivity contribution in [1.82, 2.24) is 5.43 Å². The van der Waals surface area contributed by atoms with E-state index in [1.165, 1.54) is 12.1 Å². The van der Waals surface area contributed by atoms with E-state index in [9.17, 15) is 9.18 Å². The second-order valence-electron chi connectivity index (χ2n) is 5.03. The maximum Gasteiger partial charge on any atom is 0.269 e. The van der Waals surface area contributed by atoms with Crippen LogP contribution in [-0.4, -0.2) is 5.91 Å². The van der Waals surface area contributed by atoms with E-state index in [1.807, 2.05) is 30.3 Å². The normalized spacial score (nSPS) is 10.0. The summed E-state index contributed by atoms with van der Waals surface area (Å²) >= 11 is 0. The van der Waals surface area contributed by atoms with Crippen LogP contribution in [0.25, 0.3) is 0 Å². The van der Waals surface area contributed by atoms with E-state index in [4.69, 9.17) is 4.74 Å². The number of ether oxygens (including phenoxy) is 1. The van der Waals surface area contributed by atoms with Crippen LogP contribution in [0.4, 0.5) is 10.1 Å². The van der Waals surface area contributed by atoms with E-state index in [2.05, 4.69) is 10.9 Å². The lowest BCUT2D eigenvalue weighted by atomic mass is 10.2. The van der Waals surface area contributed by atoms with Crippen LogP contribution in [0.3, 0.4) is 0 Å². The summed E-state index contributed by atoms with van der Waals surface area (Å²) in [6.07, 6.45) is 0. The van der Waals surface area contributed by atoms with Crippen molar-refractivity contribution in [2.24, 2.45) is 0 Å². The summed E-state index contributed by atoms with van der Waals surface area (Å²) in [6.45, 7) is 0. The van der Waals surface area contributed by atoms with Crippen molar-refractivity contribution in [3.63, 3.8) is 0 Å². The van der Waals surface area contributed by atoms with Crippen LogP contribution < -0.4 is 15.6 Å². The molecule has 120 valence electrons. The first-order valence-corrected chi connectivity index (χ1v) is 7.35. The van der Waals surface area contributed by atoms with Gasteiger partial charge in [-0.25, -0.2) is 4.39 Å². The van der Waals surface area contributed by atoms with E-state index < -0.39 is 0 Å². The summed E-state index contributed by atoms with van der Waals surface area (Å²) in [7, 11) is 0. The summed E-state index contributed by atoms with van der Waals surface area (Å²) in [5.41, 5.74) is 6.74. The molecule has 0 fully saturated rings. The fraction of sp³-hybridized carbons (Fsp3) is 0. The van der Waals surface area contributed by atoms with Gasteiger partial charge in [-0.2, -0.15) is 0 Å². The van der Waals surface area contributed by atoms with Gasteiger partial charge < -0.3 is 4.74 Å². The Balaban J connectivity index is 1.59. The fourth-order valence-corrected chi connectivity index (χ4v) is 2.04. The minimum Gasteiger partial charge on any atom is -0.457 e. The molecule has 0 aliphatic carbocycles. The molecular formula is C19H15FN2O2. The van der Waals surface area contributed by atoms with Crippen molar-refractivity contribution in [3.05, 3.63) is 90.2 Å². The average molecular weight is 322 g/mol. The molecule has 0 aliphatic rings. The fourth-order valence-electron chi connectivity index (χ4n) is 2.04. The number of amides is 1. The van der Waals surface area contributed by atoms with Gasteiger partial charge >= 0.3 is 0 Å². The molecule has 0 atom stereocenters. The summed E-state index contributed by atoms with van der Waals surface area (Å²) < 4.78 is 18.4. The van der Waals surface area contributed by atoms with Crippen LogP contribution in [0.1, 0.15) is 10.4 Å². The highest BCUT2D eigenvalue weighted by Gasteiger charge is 2.05. The number of hydrogen-bond donors (Lipinski definition) is 2. The highest BCUT2D eigenvalue weighted by atomic mass is 19.1. The van der Waals surface area contributed by atoms with Crippen molar-refractivity contribution >= 4 is 11.6 Å².